The van der Waals surface area contributed by atoms with E-state index >= 15 is 0 Å². The van der Waals surface area contributed by atoms with Crippen molar-refractivity contribution in [3.8, 4) is 0 Å². The van der Waals surface area contributed by atoms with Gasteiger partial charge in [0.2, 0.25) is 5.91 Å². The molecule has 1 saturated heterocycles. The van der Waals surface area contributed by atoms with Crippen LogP contribution < -0.4 is 10.6 Å². The van der Waals surface area contributed by atoms with Gasteiger partial charge in [0.1, 0.15) is 11.5 Å². The van der Waals surface area contributed by atoms with Gasteiger partial charge in [-0.2, -0.15) is 0 Å². The highest BCUT2D eigenvalue weighted by Crippen LogP contribution is 2.33. The van der Waals surface area contributed by atoms with Gasteiger partial charge >= 0.3 is 6.03 Å². The van der Waals surface area contributed by atoms with Crippen molar-refractivity contribution in [2.24, 2.45) is 5.41 Å². The van der Waals surface area contributed by atoms with Crippen molar-refractivity contribution in [3.63, 3.8) is 0 Å². The summed E-state index contributed by atoms with van der Waals surface area (Å²) in [5.41, 5.74) is -0.179. The number of aryl methyl sites for hydroxylation is 1. The Labute approximate surface area is 144 Å². The smallest absolute Gasteiger partial charge is 0.315 e. The molecule has 6 nitrogen and oxygen atoms in total. The van der Waals surface area contributed by atoms with E-state index in [0.29, 0.717) is 19.5 Å². The number of carbonyl (C=O) groups is 2. The molecule has 1 aromatic heterocycles. The summed E-state index contributed by atoms with van der Waals surface area (Å²) in [6.07, 6.45) is 1.29. The Bertz CT molecular complexity index is 589. The van der Waals surface area contributed by atoms with Gasteiger partial charge in [0.05, 0.1) is 6.04 Å². The van der Waals surface area contributed by atoms with Crippen LogP contribution in [0, 0.1) is 12.3 Å². The van der Waals surface area contributed by atoms with Gasteiger partial charge in [-0.25, -0.2) is 4.79 Å². The number of rotatable bonds is 4. The molecule has 0 bridgehead atoms. The zero-order chi connectivity index (χ0) is 17.9. The molecule has 3 amide bonds. The number of nitrogens with one attached hydrogen (secondary N) is 2. The Balaban J connectivity index is 1.95. The van der Waals surface area contributed by atoms with E-state index in [1.54, 1.807) is 0 Å². The fourth-order valence-electron chi connectivity index (χ4n) is 3.01. The molecule has 2 atom stereocenters. The fourth-order valence-corrected chi connectivity index (χ4v) is 3.01. The Morgan fingerprint density at radius 3 is 2.62 bits per heavy atom. The number of carbonyl (C=O) groups excluding carboxylic acids is 2. The third-order valence-electron chi connectivity index (χ3n) is 4.37. The Morgan fingerprint density at radius 2 is 2.08 bits per heavy atom. The highest BCUT2D eigenvalue weighted by molar-refractivity contribution is 5.77. The second kappa shape index (κ2) is 7.28. The molecule has 1 aromatic rings. The minimum atomic E-state index is -0.222. The third-order valence-corrected chi connectivity index (χ3v) is 4.37. The molecule has 0 aromatic carbocycles. The highest BCUT2D eigenvalue weighted by Gasteiger charge is 2.32. The molecule has 2 heterocycles. The second-order valence-electron chi connectivity index (χ2n) is 7.54. The van der Waals surface area contributed by atoms with Crippen molar-refractivity contribution in [2.45, 2.75) is 59.5 Å². The van der Waals surface area contributed by atoms with E-state index in [-0.39, 0.29) is 29.4 Å². The van der Waals surface area contributed by atoms with Gasteiger partial charge in [0.15, 0.2) is 0 Å². The van der Waals surface area contributed by atoms with Gasteiger partial charge in [0.25, 0.3) is 0 Å². The molecule has 1 fully saturated rings. The number of furan rings is 1. The van der Waals surface area contributed by atoms with Gasteiger partial charge in [0, 0.05) is 25.6 Å². The maximum atomic E-state index is 12.4. The summed E-state index contributed by atoms with van der Waals surface area (Å²) in [6.45, 7) is 11.2. The van der Waals surface area contributed by atoms with Crippen LogP contribution in [0.4, 0.5) is 4.79 Å². The van der Waals surface area contributed by atoms with Crippen LogP contribution in [0.2, 0.25) is 0 Å². The number of nitrogens with zero attached hydrogens (tertiary/aromatic N) is 1. The first-order valence-electron chi connectivity index (χ1n) is 8.62. The number of hydrogen-bond acceptors (Lipinski definition) is 3. The van der Waals surface area contributed by atoms with Gasteiger partial charge in [-0.15, -0.1) is 0 Å². The van der Waals surface area contributed by atoms with Crippen molar-refractivity contribution in [2.75, 3.05) is 13.1 Å². The van der Waals surface area contributed by atoms with Crippen molar-refractivity contribution in [3.05, 3.63) is 23.7 Å². The van der Waals surface area contributed by atoms with Crippen LogP contribution in [0.15, 0.2) is 16.5 Å². The summed E-state index contributed by atoms with van der Waals surface area (Å²) in [6, 6.07) is 3.36. The summed E-state index contributed by atoms with van der Waals surface area (Å²) < 4.78 is 5.71. The van der Waals surface area contributed by atoms with E-state index in [2.05, 4.69) is 31.4 Å². The minimum absolute atomic E-state index is 0.000504. The number of amides is 3. The zero-order valence-electron chi connectivity index (χ0n) is 15.3. The molecular formula is C18H29N3O3. The molecule has 6 heteroatoms. The average Bonchev–Trinajstić information content (AvgIpc) is 3.12. The average molecular weight is 335 g/mol. The van der Waals surface area contributed by atoms with Crippen LogP contribution in [0.1, 0.15) is 58.1 Å². The first-order chi connectivity index (χ1) is 11.2. The lowest BCUT2D eigenvalue weighted by Crippen LogP contribution is -2.47. The van der Waals surface area contributed by atoms with E-state index in [0.717, 1.165) is 17.9 Å². The predicted octanol–water partition coefficient (Wildman–Crippen LogP) is 2.99. The van der Waals surface area contributed by atoms with Crippen LogP contribution in [-0.2, 0) is 4.79 Å². The lowest BCUT2D eigenvalue weighted by atomic mass is 9.85. The van der Waals surface area contributed by atoms with Crippen LogP contribution in [0.25, 0.3) is 0 Å². The molecule has 0 saturated carbocycles. The Morgan fingerprint density at radius 1 is 1.38 bits per heavy atom. The maximum absolute atomic E-state index is 12.4. The Kier molecular flexibility index (Phi) is 5.57. The van der Waals surface area contributed by atoms with Crippen molar-refractivity contribution in [1.82, 2.24) is 15.5 Å². The molecule has 0 radical (unpaired) electrons. The highest BCUT2D eigenvalue weighted by atomic mass is 16.3. The van der Waals surface area contributed by atoms with Crippen LogP contribution in [0.3, 0.4) is 0 Å². The van der Waals surface area contributed by atoms with E-state index in [9.17, 15) is 9.59 Å². The SMILES string of the molecule is CCC(=O)N1CCC(NC(=O)NC(c2ccc(C)o2)C(C)(C)C)C1. The first-order valence-corrected chi connectivity index (χ1v) is 8.62. The summed E-state index contributed by atoms with van der Waals surface area (Å²) in [5, 5.41) is 6.01. The molecule has 0 aliphatic carbocycles. The number of urea groups is 1. The molecule has 24 heavy (non-hydrogen) atoms. The molecule has 2 N–H and O–H groups in total. The van der Waals surface area contributed by atoms with E-state index in [4.69, 9.17) is 4.42 Å². The number of hydrogen-bond donors (Lipinski definition) is 2. The number of likely N-dealkylation sites (tertiary alicyclic amines) is 1. The van der Waals surface area contributed by atoms with Gasteiger partial charge in [-0.05, 0) is 30.9 Å². The fraction of sp³-hybridized carbons (Fsp3) is 0.667. The topological polar surface area (TPSA) is 74.6 Å². The van der Waals surface area contributed by atoms with Gasteiger partial charge in [-0.3, -0.25) is 4.79 Å². The summed E-state index contributed by atoms with van der Waals surface area (Å²) >= 11 is 0. The Hall–Kier alpha value is -1.98. The summed E-state index contributed by atoms with van der Waals surface area (Å²) in [5.74, 6) is 1.72. The monoisotopic (exact) mass is 335 g/mol. The summed E-state index contributed by atoms with van der Waals surface area (Å²) in [7, 11) is 0. The second-order valence-corrected chi connectivity index (χ2v) is 7.54. The van der Waals surface area contributed by atoms with E-state index in [1.807, 2.05) is 30.9 Å². The van der Waals surface area contributed by atoms with Crippen LogP contribution >= 0.6 is 0 Å². The van der Waals surface area contributed by atoms with Crippen LogP contribution in [-0.4, -0.2) is 36.0 Å². The zero-order valence-corrected chi connectivity index (χ0v) is 15.3. The standard InChI is InChI=1S/C18H29N3O3/c1-6-15(22)21-10-9-13(11-21)19-17(23)20-16(18(3,4)5)14-8-7-12(2)24-14/h7-8,13,16H,6,9-11H2,1-5H3,(H2,19,20,23). The van der Waals surface area contributed by atoms with Crippen molar-refractivity contribution < 1.29 is 14.0 Å². The van der Waals surface area contributed by atoms with E-state index < -0.39 is 0 Å². The minimum Gasteiger partial charge on any atom is -0.464 e. The quantitative estimate of drug-likeness (QED) is 0.888. The van der Waals surface area contributed by atoms with Gasteiger partial charge in [-0.1, -0.05) is 27.7 Å². The van der Waals surface area contributed by atoms with E-state index in [1.165, 1.54) is 0 Å². The maximum Gasteiger partial charge on any atom is 0.315 e. The largest absolute Gasteiger partial charge is 0.464 e. The molecule has 2 unspecified atom stereocenters. The molecule has 2 rings (SSSR count). The molecule has 1 aliphatic rings. The normalized spacial score (nSPS) is 19.2. The molecular weight excluding hydrogens is 306 g/mol. The lowest BCUT2D eigenvalue weighted by molar-refractivity contribution is -0.129. The first kappa shape index (κ1) is 18.4. The van der Waals surface area contributed by atoms with Crippen molar-refractivity contribution in [1.29, 1.82) is 0 Å². The van der Waals surface area contributed by atoms with Crippen molar-refractivity contribution >= 4 is 11.9 Å². The predicted molar refractivity (Wildman–Crippen MR) is 92.6 cm³/mol. The lowest BCUT2D eigenvalue weighted by Gasteiger charge is -2.30. The summed E-state index contributed by atoms with van der Waals surface area (Å²) in [4.78, 5) is 25.9. The molecule has 0 spiro atoms. The molecule has 134 valence electrons. The van der Waals surface area contributed by atoms with Crippen LogP contribution in [0.5, 0.6) is 0 Å². The van der Waals surface area contributed by atoms with Gasteiger partial charge < -0.3 is 20.0 Å². The third kappa shape index (κ3) is 4.52. The molecule has 1 aliphatic heterocycles.